The van der Waals surface area contributed by atoms with Gasteiger partial charge in [0.1, 0.15) is 12.1 Å². The van der Waals surface area contributed by atoms with Gasteiger partial charge >= 0.3 is 5.97 Å². The van der Waals surface area contributed by atoms with Crippen LogP contribution in [0.25, 0.3) is 33.4 Å². The predicted octanol–water partition coefficient (Wildman–Crippen LogP) is 7.25. The number of anilines is 1. The molecule has 14 heteroatoms. The number of hydrogen-bond acceptors (Lipinski definition) is 11. The summed E-state index contributed by atoms with van der Waals surface area (Å²) in [6, 6.07) is 7.35. The van der Waals surface area contributed by atoms with Crippen LogP contribution in [0.2, 0.25) is 0 Å². The average Bonchev–Trinajstić information content (AvgIpc) is 3.54. The number of rotatable bonds is 7. The summed E-state index contributed by atoms with van der Waals surface area (Å²) in [5.74, 6) is -0.370. The quantitative estimate of drug-likeness (QED) is 0.183. The molecule has 0 spiro atoms. The second-order valence-electron chi connectivity index (χ2n) is 19.0. The minimum Gasteiger partial charge on any atom is -0.464 e. The van der Waals surface area contributed by atoms with Gasteiger partial charge in [-0.2, -0.15) is 0 Å². The highest BCUT2D eigenvalue weighted by Gasteiger charge is 2.49. The molecule has 330 valence electrons. The highest BCUT2D eigenvalue weighted by Crippen LogP contribution is 2.46. The summed E-state index contributed by atoms with van der Waals surface area (Å²) in [6.07, 6.45) is 9.63. The van der Waals surface area contributed by atoms with E-state index < -0.39 is 17.5 Å². The molecule has 0 unspecified atom stereocenters. The number of aromatic nitrogens is 3. The van der Waals surface area contributed by atoms with E-state index in [0.717, 1.165) is 88.0 Å². The Kier molecular flexibility index (Phi) is 11.7. The molecular weight excluding hydrogens is 801 g/mol. The van der Waals surface area contributed by atoms with Crippen LogP contribution in [-0.2, 0) is 43.2 Å². The minimum atomic E-state index is -0.840. The number of nitrogens with zero attached hydrogens (tertiary/aromatic N) is 6. The van der Waals surface area contributed by atoms with E-state index in [0.29, 0.717) is 25.8 Å². The van der Waals surface area contributed by atoms with Crippen molar-refractivity contribution in [3.8, 4) is 22.5 Å². The highest BCUT2D eigenvalue weighted by atomic mass is 32.1. The molecule has 4 aromatic rings. The molecule has 5 aliphatic rings. The Hall–Kier alpha value is -4.79. The van der Waals surface area contributed by atoms with Gasteiger partial charge in [0.25, 0.3) is 5.91 Å². The number of cyclic esters (lactones) is 1. The molecule has 1 saturated carbocycles. The molecule has 6 atom stereocenters. The maximum Gasteiger partial charge on any atom is 0.324 e. The first-order valence-electron chi connectivity index (χ1n) is 22.7. The van der Waals surface area contributed by atoms with Crippen LogP contribution in [0, 0.1) is 23.2 Å². The fourth-order valence-electron chi connectivity index (χ4n) is 10.2. The van der Waals surface area contributed by atoms with Crippen LogP contribution in [-0.4, -0.2) is 94.2 Å². The van der Waals surface area contributed by atoms with Gasteiger partial charge in [-0.3, -0.25) is 24.4 Å². The largest absolute Gasteiger partial charge is 0.464 e. The lowest BCUT2D eigenvalue weighted by Crippen LogP contribution is -2.60. The van der Waals surface area contributed by atoms with E-state index in [4.69, 9.17) is 19.4 Å². The number of benzene rings is 1. The Morgan fingerprint density at radius 3 is 2.69 bits per heavy atom. The maximum absolute atomic E-state index is 14.2. The van der Waals surface area contributed by atoms with Crippen molar-refractivity contribution in [2.75, 3.05) is 44.8 Å². The molecule has 4 aliphatic heterocycles. The van der Waals surface area contributed by atoms with E-state index in [1.165, 1.54) is 34.9 Å². The van der Waals surface area contributed by atoms with Gasteiger partial charge in [-0.15, -0.1) is 11.3 Å². The highest BCUT2D eigenvalue weighted by molar-refractivity contribution is 7.10. The van der Waals surface area contributed by atoms with Gasteiger partial charge < -0.3 is 29.2 Å². The first kappa shape index (κ1) is 42.5. The van der Waals surface area contributed by atoms with E-state index in [9.17, 15) is 14.4 Å². The molecular formula is C48H62N8O5S. The van der Waals surface area contributed by atoms with Gasteiger partial charge in [-0.05, 0) is 88.0 Å². The standard InChI is InChI=1S/C48H62N8O5S/c1-8-55-40-15-14-31-20-34(40)36(44(55)35-21-33(24-49-43(35)30(4)60-7)54-19-18-53-16-10-9-12-32(53)25-54)23-48(5,6)27-61-47(59)37-13-11-17-56(52-37)46(58)38(22-41-50-39(31)26-62-41)51-45(57)42-28(2)29(42)3/h14-15,20-21,24-26,28-30,37-38,42,52H,8-13,16-19,22-23,27H2,1-7H3,(H,51,57)/t28-,29+,30-,37-,38-,42+/m0/s1. The van der Waals surface area contributed by atoms with Gasteiger partial charge in [-0.25, -0.2) is 10.4 Å². The van der Waals surface area contributed by atoms with Gasteiger partial charge in [0.15, 0.2) is 0 Å². The number of allylic oxidation sites excluding steroid dienone is 1. The van der Waals surface area contributed by atoms with E-state index >= 15 is 0 Å². The summed E-state index contributed by atoms with van der Waals surface area (Å²) < 4.78 is 14.6. The molecule has 2 N–H and O–H groups in total. The predicted molar refractivity (Wildman–Crippen MR) is 242 cm³/mol. The molecule has 3 fully saturated rings. The molecule has 62 heavy (non-hydrogen) atoms. The number of pyridine rings is 1. The smallest absolute Gasteiger partial charge is 0.324 e. The first-order valence-corrected chi connectivity index (χ1v) is 23.6. The molecule has 9 rings (SSSR count). The van der Waals surface area contributed by atoms with Gasteiger partial charge in [0.2, 0.25) is 5.91 Å². The van der Waals surface area contributed by atoms with Crippen molar-refractivity contribution < 1.29 is 23.9 Å². The summed E-state index contributed by atoms with van der Waals surface area (Å²) >= 11 is 1.50. The third-order valence-electron chi connectivity index (χ3n) is 14.1. The number of ether oxygens (including phenoxy) is 2. The number of hydrogen-bond donors (Lipinski definition) is 2. The average molecular weight is 863 g/mol. The number of esters is 1. The number of nitrogens with one attached hydrogen (secondary N) is 2. The Morgan fingerprint density at radius 2 is 1.92 bits per heavy atom. The van der Waals surface area contributed by atoms with Gasteiger partial charge in [0.05, 0.1) is 46.7 Å². The molecule has 1 aromatic carbocycles. The zero-order valence-electron chi connectivity index (χ0n) is 37.3. The maximum atomic E-state index is 14.2. The fourth-order valence-corrected chi connectivity index (χ4v) is 11.0. The first-order chi connectivity index (χ1) is 29.8. The molecule has 2 amide bonds. The lowest BCUT2D eigenvalue weighted by molar-refractivity contribution is -0.155. The van der Waals surface area contributed by atoms with E-state index in [1.807, 2.05) is 6.20 Å². The topological polar surface area (TPSA) is 134 Å². The number of fused-ring (bicyclic) bond motifs is 7. The number of piperidine rings is 1. The Bertz CT molecular complexity index is 2400. The van der Waals surface area contributed by atoms with Crippen molar-refractivity contribution in [2.24, 2.45) is 23.2 Å². The van der Waals surface area contributed by atoms with Crippen LogP contribution in [0.3, 0.4) is 0 Å². The molecule has 6 bridgehead atoms. The third-order valence-corrected chi connectivity index (χ3v) is 15.0. The number of methoxy groups -OCH3 is 1. The monoisotopic (exact) mass is 862 g/mol. The molecule has 0 radical (unpaired) electrons. The van der Waals surface area contributed by atoms with Crippen molar-refractivity contribution in [2.45, 2.75) is 111 Å². The minimum absolute atomic E-state index is 0.112. The van der Waals surface area contributed by atoms with E-state index in [2.05, 4.69) is 102 Å². The molecule has 7 heterocycles. The SMILES string of the molecule is CCn1c(-c2cc(N3C=C4CCCCN4CC3)cnc2[C@H](C)OC)c2c3cc(ccc31)-c1csc(n1)C[C@H](NC(=O)[C@H]1[C@H](C)[C@@H]1C)C(=O)N1CCC[C@H](N1)C(=O)OCC(C)(C)C2. The summed E-state index contributed by atoms with van der Waals surface area (Å²) in [5.41, 5.74) is 12.2. The number of aryl methyl sites for hydroxylation is 1. The lowest BCUT2D eigenvalue weighted by atomic mass is 9.84. The van der Waals surface area contributed by atoms with Gasteiger partial charge in [0, 0.05) is 96.9 Å². The number of carbonyl (C=O) groups excluding carboxylic acids is 3. The third kappa shape index (κ3) is 8.14. The summed E-state index contributed by atoms with van der Waals surface area (Å²) in [6.45, 7) is 17.0. The van der Waals surface area contributed by atoms with Crippen LogP contribution in [0.5, 0.6) is 0 Å². The number of thiazole rings is 1. The van der Waals surface area contributed by atoms with Crippen molar-refractivity contribution >= 4 is 45.7 Å². The van der Waals surface area contributed by atoms with Crippen LogP contribution < -0.4 is 15.6 Å². The summed E-state index contributed by atoms with van der Waals surface area (Å²) in [4.78, 5) is 56.8. The summed E-state index contributed by atoms with van der Waals surface area (Å²) in [5, 5.41) is 8.51. The van der Waals surface area contributed by atoms with E-state index in [-0.39, 0.29) is 54.7 Å². The number of hydrazine groups is 1. The molecule has 3 aromatic heterocycles. The van der Waals surface area contributed by atoms with Crippen molar-refractivity contribution in [3.05, 3.63) is 64.0 Å². The van der Waals surface area contributed by atoms with Crippen LogP contribution in [0.15, 0.2) is 47.7 Å². The van der Waals surface area contributed by atoms with Crippen molar-refractivity contribution in [1.82, 2.24) is 35.2 Å². The molecule has 1 aliphatic carbocycles. The lowest BCUT2D eigenvalue weighted by Gasteiger charge is -2.39. The normalized spacial score (nSPS) is 25.8. The number of amides is 2. The Morgan fingerprint density at radius 1 is 1.10 bits per heavy atom. The summed E-state index contributed by atoms with van der Waals surface area (Å²) in [7, 11) is 1.73. The van der Waals surface area contributed by atoms with Crippen LogP contribution >= 0.6 is 11.3 Å². The number of carbonyl (C=O) groups is 3. The Balaban J connectivity index is 1.17. The second-order valence-corrected chi connectivity index (χ2v) is 19.9. The van der Waals surface area contributed by atoms with Crippen LogP contribution in [0.1, 0.15) is 96.0 Å². The van der Waals surface area contributed by atoms with Crippen molar-refractivity contribution in [1.29, 1.82) is 0 Å². The van der Waals surface area contributed by atoms with Crippen LogP contribution in [0.4, 0.5) is 5.69 Å². The van der Waals surface area contributed by atoms with E-state index in [1.54, 1.807) is 7.11 Å². The molecule has 2 saturated heterocycles. The zero-order valence-corrected chi connectivity index (χ0v) is 38.1. The second kappa shape index (κ2) is 17.1. The fraction of sp³-hybridized carbons (Fsp3) is 0.562. The van der Waals surface area contributed by atoms with Crippen molar-refractivity contribution in [3.63, 3.8) is 0 Å². The molecule has 13 nitrogen and oxygen atoms in total. The zero-order chi connectivity index (χ0) is 43.4. The Labute approximate surface area is 369 Å². The van der Waals surface area contributed by atoms with Gasteiger partial charge in [-0.1, -0.05) is 33.8 Å².